The Morgan fingerprint density at radius 3 is 2.68 bits per heavy atom. The minimum absolute atomic E-state index is 0.0963. The van der Waals surface area contributed by atoms with Crippen LogP contribution in [0.4, 0.5) is 11.6 Å². The van der Waals surface area contributed by atoms with Gasteiger partial charge in [-0.05, 0) is 12.5 Å². The molecular weight excluding hydrogens is 311 g/mol. The van der Waals surface area contributed by atoms with Gasteiger partial charge in [-0.1, -0.05) is 23.2 Å². The number of nitrogens with two attached hydrogens (primary N) is 1. The first-order chi connectivity index (χ1) is 8.93. The van der Waals surface area contributed by atoms with E-state index >= 15 is 0 Å². The van der Waals surface area contributed by atoms with Gasteiger partial charge in [0, 0.05) is 13.1 Å². The first-order valence-corrected chi connectivity index (χ1v) is 8.29. The van der Waals surface area contributed by atoms with Gasteiger partial charge in [-0.25, -0.2) is 19.2 Å². The van der Waals surface area contributed by atoms with Crippen LogP contribution in [0.2, 0.25) is 10.0 Å². The molecule has 3 N–H and O–H groups in total. The van der Waals surface area contributed by atoms with E-state index in [2.05, 4.69) is 10.4 Å². The number of hydrazine groups is 1. The Kier molecular flexibility index (Phi) is 4.39. The number of sulfone groups is 1. The molecule has 0 saturated carbocycles. The highest BCUT2D eigenvalue weighted by molar-refractivity contribution is 7.91. The van der Waals surface area contributed by atoms with E-state index < -0.39 is 9.84 Å². The van der Waals surface area contributed by atoms with Crippen molar-refractivity contribution in [3.05, 3.63) is 16.1 Å². The summed E-state index contributed by atoms with van der Waals surface area (Å²) in [6, 6.07) is 1.54. The van der Waals surface area contributed by atoms with Crippen molar-refractivity contribution in [1.29, 1.82) is 0 Å². The van der Waals surface area contributed by atoms with Crippen LogP contribution in [-0.4, -0.2) is 38.0 Å². The molecule has 0 spiro atoms. The van der Waals surface area contributed by atoms with Gasteiger partial charge in [0.25, 0.3) is 0 Å². The fourth-order valence-electron chi connectivity index (χ4n) is 1.93. The van der Waals surface area contributed by atoms with E-state index in [0.717, 1.165) is 0 Å². The summed E-state index contributed by atoms with van der Waals surface area (Å²) in [7, 11) is -2.98. The maximum atomic E-state index is 11.6. The molecule has 1 fully saturated rings. The van der Waals surface area contributed by atoms with Crippen LogP contribution < -0.4 is 16.2 Å². The predicted molar refractivity (Wildman–Crippen MR) is 77.6 cm³/mol. The Balaban J connectivity index is 2.31. The third-order valence-corrected chi connectivity index (χ3v) is 5.18. The molecule has 0 aliphatic carbocycles. The fourth-order valence-corrected chi connectivity index (χ4v) is 3.73. The molecule has 2 heterocycles. The van der Waals surface area contributed by atoms with Crippen molar-refractivity contribution in [2.75, 3.05) is 34.9 Å². The van der Waals surface area contributed by atoms with E-state index in [-0.39, 0.29) is 11.5 Å². The van der Waals surface area contributed by atoms with Gasteiger partial charge in [0.1, 0.15) is 5.82 Å². The smallest absolute Gasteiger partial charge is 0.161 e. The van der Waals surface area contributed by atoms with Gasteiger partial charge in [0.2, 0.25) is 0 Å². The number of halogens is 2. The van der Waals surface area contributed by atoms with Crippen LogP contribution >= 0.6 is 23.2 Å². The average Bonchev–Trinajstić information content (AvgIpc) is 2.51. The van der Waals surface area contributed by atoms with Crippen molar-refractivity contribution in [2.45, 2.75) is 6.42 Å². The van der Waals surface area contributed by atoms with Crippen molar-refractivity contribution in [3.63, 3.8) is 0 Å². The monoisotopic (exact) mass is 324 g/mol. The highest BCUT2D eigenvalue weighted by Crippen LogP contribution is 2.31. The average molecular weight is 325 g/mol. The quantitative estimate of drug-likeness (QED) is 0.629. The van der Waals surface area contributed by atoms with Crippen molar-refractivity contribution in [2.24, 2.45) is 5.84 Å². The van der Waals surface area contributed by atoms with Crippen molar-refractivity contribution >= 4 is 44.7 Å². The molecule has 0 atom stereocenters. The molecule has 1 aliphatic rings. The normalized spacial score (nSPS) is 19.0. The largest absolute Gasteiger partial charge is 0.354 e. The predicted octanol–water partition coefficient (Wildman–Crippen LogP) is 1.30. The SMILES string of the molecule is NNc1nc(N2CCCS(=O)(=O)CC2)c(Cl)cc1Cl. The van der Waals surface area contributed by atoms with Gasteiger partial charge in [-0.3, -0.25) is 0 Å². The number of nitrogen functional groups attached to an aromatic ring is 1. The van der Waals surface area contributed by atoms with Crippen molar-refractivity contribution < 1.29 is 8.42 Å². The summed E-state index contributed by atoms with van der Waals surface area (Å²) in [6.07, 6.45) is 0.550. The molecule has 0 unspecified atom stereocenters. The zero-order chi connectivity index (χ0) is 14.0. The van der Waals surface area contributed by atoms with Crippen molar-refractivity contribution in [3.8, 4) is 0 Å². The number of nitrogens with one attached hydrogen (secondary N) is 1. The molecule has 106 valence electrons. The number of hydrogen-bond donors (Lipinski definition) is 2. The lowest BCUT2D eigenvalue weighted by atomic mass is 10.3. The molecule has 1 saturated heterocycles. The molecule has 0 radical (unpaired) electrons. The lowest BCUT2D eigenvalue weighted by molar-refractivity contribution is 0.597. The third kappa shape index (κ3) is 3.42. The van der Waals surface area contributed by atoms with Gasteiger partial charge >= 0.3 is 0 Å². The van der Waals surface area contributed by atoms with Crippen LogP contribution in [0.15, 0.2) is 6.07 Å². The van der Waals surface area contributed by atoms with E-state index in [1.54, 1.807) is 6.07 Å². The molecule has 1 aromatic heterocycles. The zero-order valence-corrected chi connectivity index (χ0v) is 12.4. The Morgan fingerprint density at radius 1 is 1.26 bits per heavy atom. The molecule has 1 aliphatic heterocycles. The third-order valence-electron chi connectivity index (χ3n) is 2.90. The summed E-state index contributed by atoms with van der Waals surface area (Å²) in [4.78, 5) is 6.07. The Bertz CT molecular complexity index is 579. The molecular formula is C10H14Cl2N4O2S. The lowest BCUT2D eigenvalue weighted by Gasteiger charge is -2.22. The highest BCUT2D eigenvalue weighted by Gasteiger charge is 2.22. The minimum Gasteiger partial charge on any atom is -0.354 e. The summed E-state index contributed by atoms with van der Waals surface area (Å²) in [5.74, 6) is 6.42. The second-order valence-electron chi connectivity index (χ2n) is 4.26. The number of pyridine rings is 1. The van der Waals surface area contributed by atoms with Crippen LogP contribution in [0.1, 0.15) is 6.42 Å². The number of rotatable bonds is 2. The molecule has 0 bridgehead atoms. The second kappa shape index (κ2) is 5.70. The number of aromatic nitrogens is 1. The zero-order valence-electron chi connectivity index (χ0n) is 10.1. The van der Waals surface area contributed by atoms with Gasteiger partial charge in [0.15, 0.2) is 15.7 Å². The molecule has 6 nitrogen and oxygen atoms in total. The molecule has 1 aromatic rings. The van der Waals surface area contributed by atoms with E-state index in [9.17, 15) is 8.42 Å². The number of hydrogen-bond acceptors (Lipinski definition) is 6. The molecule has 0 aromatic carbocycles. The van der Waals surface area contributed by atoms with Gasteiger partial charge < -0.3 is 10.3 Å². The molecule has 9 heteroatoms. The van der Waals surface area contributed by atoms with E-state index in [1.165, 1.54) is 0 Å². The van der Waals surface area contributed by atoms with Crippen LogP contribution in [0.25, 0.3) is 0 Å². The number of nitrogens with zero attached hydrogens (tertiary/aromatic N) is 2. The van der Waals surface area contributed by atoms with Gasteiger partial charge in [-0.15, -0.1) is 0 Å². The van der Waals surface area contributed by atoms with Crippen LogP contribution in [0, 0.1) is 0 Å². The van der Waals surface area contributed by atoms with E-state index in [4.69, 9.17) is 29.0 Å². The second-order valence-corrected chi connectivity index (χ2v) is 7.38. The first-order valence-electron chi connectivity index (χ1n) is 5.71. The van der Waals surface area contributed by atoms with Crippen LogP contribution in [0.5, 0.6) is 0 Å². The van der Waals surface area contributed by atoms with Crippen LogP contribution in [-0.2, 0) is 9.84 Å². The maximum absolute atomic E-state index is 11.6. The van der Waals surface area contributed by atoms with Crippen LogP contribution in [0.3, 0.4) is 0 Å². The van der Waals surface area contributed by atoms with Gasteiger partial charge in [-0.2, -0.15) is 0 Å². The van der Waals surface area contributed by atoms with Crippen molar-refractivity contribution in [1.82, 2.24) is 4.98 Å². The summed E-state index contributed by atoms with van der Waals surface area (Å²) >= 11 is 12.0. The summed E-state index contributed by atoms with van der Waals surface area (Å²) in [6.45, 7) is 0.943. The van der Waals surface area contributed by atoms with E-state index in [0.29, 0.717) is 41.2 Å². The lowest BCUT2D eigenvalue weighted by Crippen LogP contribution is -2.28. The standard InChI is InChI=1S/C10H14Cl2N4O2S/c11-7-6-8(12)10(14-9(7)15-13)16-2-1-4-19(17,18)5-3-16/h6H,1-5,13H2,(H,14,15). The maximum Gasteiger partial charge on any atom is 0.161 e. The summed E-state index contributed by atoms with van der Waals surface area (Å²) in [5.41, 5.74) is 2.39. The topological polar surface area (TPSA) is 88.3 Å². The van der Waals surface area contributed by atoms with E-state index in [1.807, 2.05) is 4.90 Å². The molecule has 19 heavy (non-hydrogen) atoms. The summed E-state index contributed by atoms with van der Waals surface area (Å²) in [5, 5.41) is 0.696. The summed E-state index contributed by atoms with van der Waals surface area (Å²) < 4.78 is 23.2. The highest BCUT2D eigenvalue weighted by atomic mass is 35.5. The Labute approximate surface area is 121 Å². The first kappa shape index (κ1) is 14.6. The van der Waals surface area contributed by atoms with Gasteiger partial charge in [0.05, 0.1) is 21.6 Å². The molecule has 2 rings (SSSR count). The Morgan fingerprint density at radius 2 is 2.00 bits per heavy atom. The number of anilines is 2. The molecule has 0 amide bonds. The fraction of sp³-hybridized carbons (Fsp3) is 0.500. The minimum atomic E-state index is -2.98. The Hall–Kier alpha value is -0.760.